The van der Waals surface area contributed by atoms with E-state index >= 15 is 0 Å². The predicted molar refractivity (Wildman–Crippen MR) is 104 cm³/mol. The largest absolute Gasteiger partial charge is 0.347 e. The molecule has 2 aromatic carbocycles. The molecule has 0 spiro atoms. The van der Waals surface area contributed by atoms with E-state index in [0.717, 1.165) is 10.0 Å². The normalized spacial score (nSPS) is 10.1. The monoisotopic (exact) mass is 417 g/mol. The van der Waals surface area contributed by atoms with Gasteiger partial charge in [-0.3, -0.25) is 14.4 Å². The number of benzene rings is 2. The van der Waals surface area contributed by atoms with Gasteiger partial charge in [0.05, 0.1) is 25.2 Å². The second kappa shape index (κ2) is 9.72. The third kappa shape index (κ3) is 6.33. The van der Waals surface area contributed by atoms with Crippen molar-refractivity contribution in [1.29, 1.82) is 0 Å². The van der Waals surface area contributed by atoms with E-state index in [9.17, 15) is 14.4 Å². The minimum absolute atomic E-state index is 0.102. The number of amides is 3. The van der Waals surface area contributed by atoms with Gasteiger partial charge in [-0.2, -0.15) is 0 Å². The van der Waals surface area contributed by atoms with Crippen molar-refractivity contribution >= 4 is 39.3 Å². The average molecular weight is 418 g/mol. The summed E-state index contributed by atoms with van der Waals surface area (Å²) < 4.78 is 0.760. The zero-order valence-corrected chi connectivity index (χ0v) is 16.0. The zero-order valence-electron chi connectivity index (χ0n) is 14.4. The van der Waals surface area contributed by atoms with Crippen LogP contribution in [0.5, 0.6) is 0 Å². The Labute approximate surface area is 160 Å². The molecule has 2 aromatic rings. The van der Waals surface area contributed by atoms with Crippen LogP contribution in [0.25, 0.3) is 0 Å². The Morgan fingerprint density at radius 1 is 0.962 bits per heavy atom. The number of hydrogen-bond acceptors (Lipinski definition) is 3. The number of carbonyl (C=O) groups is 3. The van der Waals surface area contributed by atoms with E-state index in [1.165, 1.54) is 11.9 Å². The van der Waals surface area contributed by atoms with Gasteiger partial charge in [0, 0.05) is 11.5 Å². The summed E-state index contributed by atoms with van der Waals surface area (Å²) in [5, 5.41) is 5.30. The lowest BCUT2D eigenvalue weighted by Gasteiger charge is -2.17. The van der Waals surface area contributed by atoms with E-state index < -0.39 is 0 Å². The summed E-state index contributed by atoms with van der Waals surface area (Å²) >= 11 is 3.35. The van der Waals surface area contributed by atoms with Gasteiger partial charge in [-0.1, -0.05) is 42.5 Å². The Bertz CT molecular complexity index is 781. The Kier molecular flexibility index (Phi) is 7.35. The summed E-state index contributed by atoms with van der Waals surface area (Å²) in [6, 6.07) is 16.5. The molecule has 26 heavy (non-hydrogen) atoms. The van der Waals surface area contributed by atoms with Crippen molar-refractivity contribution in [2.75, 3.05) is 25.5 Å². The third-order valence-corrected chi connectivity index (χ3v) is 4.29. The van der Waals surface area contributed by atoms with Gasteiger partial charge in [0.1, 0.15) is 0 Å². The molecule has 0 bridgehead atoms. The molecule has 136 valence electrons. The number of halogens is 1. The summed E-state index contributed by atoms with van der Waals surface area (Å²) in [6.45, 7) is -0.251. The molecule has 0 saturated carbocycles. The molecule has 0 aliphatic heterocycles. The highest BCUT2D eigenvalue weighted by molar-refractivity contribution is 9.10. The molecule has 6 nitrogen and oxygen atoms in total. The molecule has 2 N–H and O–H groups in total. The number of anilines is 1. The van der Waals surface area contributed by atoms with Gasteiger partial charge in [0.15, 0.2) is 0 Å². The molecule has 0 aromatic heterocycles. The second-order valence-corrected chi connectivity index (χ2v) is 6.57. The Balaban J connectivity index is 1.75. The van der Waals surface area contributed by atoms with Gasteiger partial charge in [0.25, 0.3) is 0 Å². The molecule has 0 radical (unpaired) electrons. The number of likely N-dealkylation sites (N-methyl/N-ethyl adjacent to an activating group) is 1. The minimum Gasteiger partial charge on any atom is -0.347 e. The van der Waals surface area contributed by atoms with Crippen LogP contribution in [0.3, 0.4) is 0 Å². The fourth-order valence-corrected chi connectivity index (χ4v) is 2.59. The van der Waals surface area contributed by atoms with Crippen LogP contribution in [0.2, 0.25) is 0 Å². The SMILES string of the molecule is CN(CC(=O)Nc1ccccc1Br)C(=O)CNC(=O)Cc1ccccc1. The molecule has 2 rings (SSSR count). The zero-order chi connectivity index (χ0) is 18.9. The topological polar surface area (TPSA) is 78.5 Å². The maximum absolute atomic E-state index is 12.1. The molecule has 0 aliphatic carbocycles. The summed E-state index contributed by atoms with van der Waals surface area (Å²) in [4.78, 5) is 37.3. The molecule has 0 heterocycles. The van der Waals surface area contributed by atoms with Gasteiger partial charge >= 0.3 is 0 Å². The quantitative estimate of drug-likeness (QED) is 0.724. The van der Waals surface area contributed by atoms with Crippen LogP contribution in [0.1, 0.15) is 5.56 Å². The number of nitrogens with one attached hydrogen (secondary N) is 2. The number of rotatable bonds is 7. The lowest BCUT2D eigenvalue weighted by atomic mass is 10.1. The molecule has 3 amide bonds. The summed E-state index contributed by atoms with van der Waals surface area (Å²) in [6.07, 6.45) is 0.209. The van der Waals surface area contributed by atoms with E-state index in [0.29, 0.717) is 5.69 Å². The predicted octanol–water partition coefficient (Wildman–Crippen LogP) is 2.20. The molecular formula is C19H20BrN3O3. The van der Waals surface area contributed by atoms with Crippen LogP contribution in [0.15, 0.2) is 59.1 Å². The van der Waals surface area contributed by atoms with E-state index in [1.807, 2.05) is 42.5 Å². The first-order chi connectivity index (χ1) is 12.5. The van der Waals surface area contributed by atoms with Crippen LogP contribution in [0.4, 0.5) is 5.69 Å². The number of hydrogen-bond donors (Lipinski definition) is 2. The highest BCUT2D eigenvalue weighted by atomic mass is 79.9. The number of para-hydroxylation sites is 1. The smallest absolute Gasteiger partial charge is 0.244 e. The first-order valence-corrected chi connectivity index (χ1v) is 8.84. The highest BCUT2D eigenvalue weighted by Gasteiger charge is 2.14. The van der Waals surface area contributed by atoms with Gasteiger partial charge in [-0.05, 0) is 33.6 Å². The molecule has 0 fully saturated rings. The van der Waals surface area contributed by atoms with Gasteiger partial charge in [-0.25, -0.2) is 0 Å². The molecular weight excluding hydrogens is 398 g/mol. The van der Waals surface area contributed by atoms with E-state index in [4.69, 9.17) is 0 Å². The molecule has 0 saturated heterocycles. The Hall–Kier alpha value is -2.67. The van der Waals surface area contributed by atoms with Crippen LogP contribution in [-0.4, -0.2) is 42.8 Å². The first-order valence-electron chi connectivity index (χ1n) is 8.04. The molecule has 0 atom stereocenters. The summed E-state index contributed by atoms with van der Waals surface area (Å²) in [7, 11) is 1.52. The van der Waals surface area contributed by atoms with Crippen molar-refractivity contribution in [1.82, 2.24) is 10.2 Å². The van der Waals surface area contributed by atoms with Crippen LogP contribution in [0, 0.1) is 0 Å². The van der Waals surface area contributed by atoms with E-state index in [1.54, 1.807) is 12.1 Å². The van der Waals surface area contributed by atoms with Crippen LogP contribution < -0.4 is 10.6 Å². The summed E-state index contributed by atoms with van der Waals surface area (Å²) in [5.74, 6) is -0.896. The molecule has 7 heteroatoms. The van der Waals surface area contributed by atoms with Crippen molar-refractivity contribution in [3.8, 4) is 0 Å². The Morgan fingerprint density at radius 2 is 1.62 bits per heavy atom. The molecule has 0 aliphatic rings. The Morgan fingerprint density at radius 3 is 2.31 bits per heavy atom. The summed E-state index contributed by atoms with van der Waals surface area (Å²) in [5.41, 5.74) is 1.51. The van der Waals surface area contributed by atoms with Crippen LogP contribution >= 0.6 is 15.9 Å². The second-order valence-electron chi connectivity index (χ2n) is 5.72. The van der Waals surface area contributed by atoms with Gasteiger partial charge < -0.3 is 15.5 Å². The lowest BCUT2D eigenvalue weighted by Crippen LogP contribution is -2.41. The third-order valence-electron chi connectivity index (χ3n) is 3.60. The van der Waals surface area contributed by atoms with Gasteiger partial charge in [-0.15, -0.1) is 0 Å². The van der Waals surface area contributed by atoms with Crippen molar-refractivity contribution in [3.05, 3.63) is 64.6 Å². The standard InChI is InChI=1S/C19H20BrN3O3/c1-23(13-18(25)22-16-10-6-5-9-15(16)20)19(26)12-21-17(24)11-14-7-3-2-4-8-14/h2-10H,11-13H2,1H3,(H,21,24)(H,22,25). The number of carbonyl (C=O) groups excluding carboxylic acids is 3. The molecule has 0 unspecified atom stereocenters. The van der Waals surface area contributed by atoms with E-state index in [-0.39, 0.29) is 37.2 Å². The minimum atomic E-state index is -0.339. The average Bonchev–Trinajstić information content (AvgIpc) is 2.62. The first kappa shape index (κ1) is 19.7. The van der Waals surface area contributed by atoms with Crippen molar-refractivity contribution in [3.63, 3.8) is 0 Å². The van der Waals surface area contributed by atoms with Gasteiger partial charge in [0.2, 0.25) is 17.7 Å². The fraction of sp³-hybridized carbons (Fsp3) is 0.211. The number of nitrogens with zero attached hydrogens (tertiary/aromatic N) is 1. The van der Waals surface area contributed by atoms with Crippen molar-refractivity contribution in [2.24, 2.45) is 0 Å². The maximum Gasteiger partial charge on any atom is 0.244 e. The van der Waals surface area contributed by atoms with E-state index in [2.05, 4.69) is 26.6 Å². The lowest BCUT2D eigenvalue weighted by molar-refractivity contribution is -0.134. The van der Waals surface area contributed by atoms with Crippen molar-refractivity contribution < 1.29 is 14.4 Å². The fourth-order valence-electron chi connectivity index (χ4n) is 2.21. The van der Waals surface area contributed by atoms with Crippen LogP contribution in [-0.2, 0) is 20.8 Å². The highest BCUT2D eigenvalue weighted by Crippen LogP contribution is 2.20. The van der Waals surface area contributed by atoms with Crippen molar-refractivity contribution in [2.45, 2.75) is 6.42 Å². The maximum atomic E-state index is 12.1.